The standard InChI is InChI=1S/C13H22N2OS/c1-10(14-2)7-12-9-15-13(17-12)8-11-3-5-16-6-4-11/h9-11,14H,3-8H2,1-2H3. The third kappa shape index (κ3) is 4.05. The molecule has 1 aromatic heterocycles. The molecule has 1 saturated heterocycles. The Morgan fingerprint density at radius 1 is 1.53 bits per heavy atom. The zero-order valence-electron chi connectivity index (χ0n) is 10.7. The summed E-state index contributed by atoms with van der Waals surface area (Å²) in [5.41, 5.74) is 0. The topological polar surface area (TPSA) is 34.2 Å². The van der Waals surface area contributed by atoms with Gasteiger partial charge in [-0.1, -0.05) is 0 Å². The minimum Gasteiger partial charge on any atom is -0.381 e. The number of thiazole rings is 1. The van der Waals surface area contributed by atoms with E-state index in [0.717, 1.165) is 32.0 Å². The number of nitrogens with one attached hydrogen (secondary N) is 1. The monoisotopic (exact) mass is 254 g/mol. The smallest absolute Gasteiger partial charge is 0.0930 e. The Hall–Kier alpha value is -0.450. The van der Waals surface area contributed by atoms with E-state index in [4.69, 9.17) is 4.74 Å². The molecule has 2 rings (SSSR count). The van der Waals surface area contributed by atoms with Crippen molar-refractivity contribution in [2.24, 2.45) is 5.92 Å². The van der Waals surface area contributed by atoms with Gasteiger partial charge in [-0.3, -0.25) is 0 Å². The lowest BCUT2D eigenvalue weighted by Gasteiger charge is -2.20. The van der Waals surface area contributed by atoms with Gasteiger partial charge < -0.3 is 10.1 Å². The predicted molar refractivity (Wildman–Crippen MR) is 71.6 cm³/mol. The highest BCUT2D eigenvalue weighted by Gasteiger charge is 2.16. The highest BCUT2D eigenvalue weighted by atomic mass is 32.1. The van der Waals surface area contributed by atoms with Gasteiger partial charge in [0.25, 0.3) is 0 Å². The molecule has 1 fully saturated rings. The first kappa shape index (κ1) is 13.0. The molecule has 1 aromatic rings. The molecule has 4 heteroatoms. The Kier molecular flexibility index (Phi) is 4.95. The van der Waals surface area contributed by atoms with Crippen molar-refractivity contribution in [3.8, 4) is 0 Å². The molecule has 0 spiro atoms. The average molecular weight is 254 g/mol. The van der Waals surface area contributed by atoms with Crippen molar-refractivity contribution < 1.29 is 4.74 Å². The maximum atomic E-state index is 5.38. The lowest BCUT2D eigenvalue weighted by Crippen LogP contribution is -2.22. The number of likely N-dealkylation sites (N-methyl/N-ethyl adjacent to an activating group) is 1. The van der Waals surface area contributed by atoms with E-state index < -0.39 is 0 Å². The van der Waals surface area contributed by atoms with Gasteiger partial charge >= 0.3 is 0 Å². The number of rotatable bonds is 5. The summed E-state index contributed by atoms with van der Waals surface area (Å²) in [4.78, 5) is 5.94. The van der Waals surface area contributed by atoms with Crippen molar-refractivity contribution in [1.29, 1.82) is 0 Å². The molecule has 1 aliphatic rings. The van der Waals surface area contributed by atoms with Crippen LogP contribution in [0.1, 0.15) is 29.7 Å². The zero-order chi connectivity index (χ0) is 12.1. The summed E-state index contributed by atoms with van der Waals surface area (Å²) in [6.45, 7) is 4.07. The fourth-order valence-electron chi connectivity index (χ4n) is 2.14. The fourth-order valence-corrected chi connectivity index (χ4v) is 3.30. The van der Waals surface area contributed by atoms with Gasteiger partial charge in [-0.25, -0.2) is 4.98 Å². The van der Waals surface area contributed by atoms with E-state index in [9.17, 15) is 0 Å². The number of aromatic nitrogens is 1. The van der Waals surface area contributed by atoms with Gasteiger partial charge in [-0.05, 0) is 39.2 Å². The lowest BCUT2D eigenvalue weighted by molar-refractivity contribution is 0.0665. The highest BCUT2D eigenvalue weighted by Crippen LogP contribution is 2.23. The minimum atomic E-state index is 0.534. The molecule has 1 unspecified atom stereocenters. The van der Waals surface area contributed by atoms with Gasteiger partial charge in [0.1, 0.15) is 0 Å². The molecule has 0 saturated carbocycles. The van der Waals surface area contributed by atoms with Crippen LogP contribution in [0.2, 0.25) is 0 Å². The molecule has 0 aliphatic carbocycles. The summed E-state index contributed by atoms with van der Waals surface area (Å²) >= 11 is 1.88. The zero-order valence-corrected chi connectivity index (χ0v) is 11.6. The Labute approximate surface area is 108 Å². The van der Waals surface area contributed by atoms with E-state index in [1.165, 1.54) is 22.7 Å². The highest BCUT2D eigenvalue weighted by molar-refractivity contribution is 7.11. The van der Waals surface area contributed by atoms with Crippen LogP contribution in [0, 0.1) is 5.92 Å². The van der Waals surface area contributed by atoms with E-state index in [-0.39, 0.29) is 0 Å². The minimum absolute atomic E-state index is 0.534. The first-order chi connectivity index (χ1) is 8.28. The maximum Gasteiger partial charge on any atom is 0.0930 e. The van der Waals surface area contributed by atoms with Gasteiger partial charge in [-0.15, -0.1) is 11.3 Å². The Morgan fingerprint density at radius 2 is 2.29 bits per heavy atom. The summed E-state index contributed by atoms with van der Waals surface area (Å²) in [5.74, 6) is 0.782. The van der Waals surface area contributed by atoms with E-state index in [1.807, 2.05) is 24.6 Å². The second-order valence-corrected chi connectivity index (χ2v) is 6.07. The van der Waals surface area contributed by atoms with Crippen LogP contribution in [0.3, 0.4) is 0 Å². The van der Waals surface area contributed by atoms with Crippen molar-refractivity contribution in [1.82, 2.24) is 10.3 Å². The third-order valence-corrected chi connectivity index (χ3v) is 4.45. The van der Waals surface area contributed by atoms with Crippen LogP contribution in [0.4, 0.5) is 0 Å². The van der Waals surface area contributed by atoms with Crippen LogP contribution < -0.4 is 5.32 Å². The van der Waals surface area contributed by atoms with E-state index in [1.54, 1.807) is 0 Å². The van der Waals surface area contributed by atoms with Gasteiger partial charge in [0, 0.05) is 36.8 Å². The van der Waals surface area contributed by atoms with Crippen molar-refractivity contribution in [2.45, 2.75) is 38.6 Å². The second-order valence-electron chi connectivity index (χ2n) is 4.87. The second kappa shape index (κ2) is 6.47. The molecule has 0 aromatic carbocycles. The summed E-state index contributed by atoms with van der Waals surface area (Å²) in [5, 5.41) is 4.57. The van der Waals surface area contributed by atoms with E-state index in [0.29, 0.717) is 6.04 Å². The Morgan fingerprint density at radius 3 is 3.00 bits per heavy atom. The Bertz CT molecular complexity index is 334. The molecule has 0 radical (unpaired) electrons. The lowest BCUT2D eigenvalue weighted by atomic mass is 9.97. The molecule has 0 amide bonds. The van der Waals surface area contributed by atoms with Crippen LogP contribution in [0.5, 0.6) is 0 Å². The quantitative estimate of drug-likeness (QED) is 0.875. The molecule has 1 atom stereocenters. The van der Waals surface area contributed by atoms with E-state index >= 15 is 0 Å². The molecular weight excluding hydrogens is 232 g/mol. The molecule has 3 nitrogen and oxygen atoms in total. The van der Waals surface area contributed by atoms with Crippen molar-refractivity contribution in [2.75, 3.05) is 20.3 Å². The van der Waals surface area contributed by atoms with Crippen LogP contribution >= 0.6 is 11.3 Å². The summed E-state index contributed by atoms with van der Waals surface area (Å²) < 4.78 is 5.38. The SMILES string of the molecule is CNC(C)Cc1cnc(CC2CCOCC2)s1. The fraction of sp³-hybridized carbons (Fsp3) is 0.769. The summed E-state index contributed by atoms with van der Waals surface area (Å²) in [6, 6.07) is 0.534. The third-order valence-electron chi connectivity index (χ3n) is 3.41. The van der Waals surface area contributed by atoms with Crippen LogP contribution in [-0.2, 0) is 17.6 Å². The predicted octanol–water partition coefficient (Wildman–Crippen LogP) is 2.26. The van der Waals surface area contributed by atoms with Gasteiger partial charge in [0.2, 0.25) is 0 Å². The van der Waals surface area contributed by atoms with Gasteiger partial charge in [-0.2, -0.15) is 0 Å². The number of hydrogen-bond acceptors (Lipinski definition) is 4. The molecule has 96 valence electrons. The van der Waals surface area contributed by atoms with E-state index in [2.05, 4.69) is 17.2 Å². The van der Waals surface area contributed by atoms with Crippen molar-refractivity contribution in [3.05, 3.63) is 16.1 Å². The first-order valence-corrected chi connectivity index (χ1v) is 7.28. The average Bonchev–Trinajstić information content (AvgIpc) is 2.77. The van der Waals surface area contributed by atoms with Gasteiger partial charge in [0.05, 0.1) is 5.01 Å². The first-order valence-electron chi connectivity index (χ1n) is 6.46. The number of ether oxygens (including phenoxy) is 1. The van der Waals surface area contributed by atoms with Crippen LogP contribution in [0.15, 0.2) is 6.20 Å². The normalized spacial score (nSPS) is 19.4. The molecule has 2 heterocycles. The molecule has 17 heavy (non-hydrogen) atoms. The Balaban J connectivity index is 1.84. The van der Waals surface area contributed by atoms with Crippen molar-refractivity contribution >= 4 is 11.3 Å². The largest absolute Gasteiger partial charge is 0.381 e. The molecular formula is C13H22N2OS. The summed E-state index contributed by atoms with van der Waals surface area (Å²) in [7, 11) is 2.01. The number of hydrogen-bond donors (Lipinski definition) is 1. The molecule has 1 N–H and O–H groups in total. The van der Waals surface area contributed by atoms with Crippen LogP contribution in [0.25, 0.3) is 0 Å². The number of nitrogens with zero attached hydrogens (tertiary/aromatic N) is 1. The maximum absolute atomic E-state index is 5.38. The summed E-state index contributed by atoms with van der Waals surface area (Å²) in [6.07, 6.45) is 6.67. The van der Waals surface area contributed by atoms with Crippen LogP contribution in [-0.4, -0.2) is 31.3 Å². The van der Waals surface area contributed by atoms with Crippen molar-refractivity contribution in [3.63, 3.8) is 0 Å². The molecule has 0 bridgehead atoms. The van der Waals surface area contributed by atoms with Gasteiger partial charge in [0.15, 0.2) is 0 Å². The molecule has 1 aliphatic heterocycles.